The largest absolute Gasteiger partial charge is 0.400 e. The molecule has 32 heavy (non-hydrogen) atoms. The van der Waals surface area contributed by atoms with Crippen molar-refractivity contribution in [2.75, 3.05) is 18.0 Å². The summed E-state index contributed by atoms with van der Waals surface area (Å²) in [5, 5.41) is 0. The molecular formula is C24H28FN7. The first-order valence-corrected chi connectivity index (χ1v) is 11.0. The molecule has 0 spiro atoms. The van der Waals surface area contributed by atoms with Crippen LogP contribution in [-0.2, 0) is 7.05 Å². The molecule has 4 N–H and O–H groups in total. The third kappa shape index (κ3) is 3.54. The van der Waals surface area contributed by atoms with Crippen LogP contribution in [0.5, 0.6) is 0 Å². The Hall–Kier alpha value is -3.26. The second kappa shape index (κ2) is 8.02. The summed E-state index contributed by atoms with van der Waals surface area (Å²) in [6, 6.07) is 6.33. The number of allylic oxidation sites excluding steroid dienone is 4. The van der Waals surface area contributed by atoms with Gasteiger partial charge < -0.3 is 20.9 Å². The number of nitrogens with zero attached hydrogens (tertiary/aromatic N) is 5. The van der Waals surface area contributed by atoms with Gasteiger partial charge in [-0.15, -0.1) is 0 Å². The zero-order valence-electron chi connectivity index (χ0n) is 18.4. The Morgan fingerprint density at radius 2 is 1.91 bits per heavy atom. The van der Waals surface area contributed by atoms with Gasteiger partial charge in [-0.1, -0.05) is 19.1 Å². The number of nitrogens with two attached hydrogens (primary N) is 2. The molecule has 1 aromatic carbocycles. The van der Waals surface area contributed by atoms with Crippen LogP contribution in [0.4, 0.5) is 10.3 Å². The Morgan fingerprint density at radius 1 is 1.12 bits per heavy atom. The van der Waals surface area contributed by atoms with Gasteiger partial charge in [0.1, 0.15) is 6.17 Å². The zero-order valence-corrected chi connectivity index (χ0v) is 18.4. The Balaban J connectivity index is 1.63. The Morgan fingerprint density at radius 3 is 2.69 bits per heavy atom. The lowest BCUT2D eigenvalue weighted by Gasteiger charge is -2.31. The van der Waals surface area contributed by atoms with E-state index in [1.807, 2.05) is 49.0 Å². The topological polar surface area (TPSA) is 98.9 Å². The monoisotopic (exact) mass is 433 g/mol. The van der Waals surface area contributed by atoms with Crippen LogP contribution in [0.25, 0.3) is 27.7 Å². The summed E-state index contributed by atoms with van der Waals surface area (Å²) >= 11 is 0. The number of hydrogen-bond donors (Lipinski definition) is 2. The lowest BCUT2D eigenvalue weighted by atomic mass is 9.85. The molecule has 1 saturated heterocycles. The van der Waals surface area contributed by atoms with E-state index in [2.05, 4.69) is 9.88 Å². The Kier molecular flexibility index (Phi) is 5.17. The first-order valence-electron chi connectivity index (χ1n) is 11.0. The van der Waals surface area contributed by atoms with Crippen LogP contribution in [-0.4, -0.2) is 44.8 Å². The van der Waals surface area contributed by atoms with Gasteiger partial charge in [0.25, 0.3) is 0 Å². The molecule has 2 aliphatic rings. The second-order valence-corrected chi connectivity index (χ2v) is 8.79. The van der Waals surface area contributed by atoms with Gasteiger partial charge in [0.05, 0.1) is 23.1 Å². The summed E-state index contributed by atoms with van der Waals surface area (Å²) < 4.78 is 16.8. The molecular weight excluding hydrogens is 405 g/mol. The maximum atomic E-state index is 14.8. The van der Waals surface area contributed by atoms with Gasteiger partial charge in [0.2, 0.25) is 5.95 Å². The number of rotatable bonds is 3. The smallest absolute Gasteiger partial charge is 0.225 e. The molecule has 166 valence electrons. The van der Waals surface area contributed by atoms with Gasteiger partial charge in [-0.25, -0.2) is 19.3 Å². The van der Waals surface area contributed by atoms with Crippen molar-refractivity contribution in [2.45, 2.75) is 32.0 Å². The number of anilines is 1. The van der Waals surface area contributed by atoms with E-state index in [0.29, 0.717) is 5.95 Å². The molecule has 5 rings (SSSR count). The van der Waals surface area contributed by atoms with E-state index in [0.717, 1.165) is 59.4 Å². The summed E-state index contributed by atoms with van der Waals surface area (Å²) in [4.78, 5) is 16.3. The van der Waals surface area contributed by atoms with E-state index in [9.17, 15) is 4.39 Å². The lowest BCUT2D eigenvalue weighted by molar-refractivity contribution is 0.321. The number of piperidine rings is 1. The van der Waals surface area contributed by atoms with E-state index in [4.69, 9.17) is 21.4 Å². The van der Waals surface area contributed by atoms with Crippen molar-refractivity contribution in [1.82, 2.24) is 19.5 Å². The van der Waals surface area contributed by atoms with Crippen LogP contribution < -0.4 is 16.4 Å². The van der Waals surface area contributed by atoms with Crippen LogP contribution in [0.2, 0.25) is 0 Å². The minimum Gasteiger partial charge on any atom is -0.400 e. The van der Waals surface area contributed by atoms with Gasteiger partial charge in [-0.3, -0.25) is 0 Å². The number of hydrogen-bond acceptors (Lipinski definition) is 6. The molecule has 1 aliphatic heterocycles. The van der Waals surface area contributed by atoms with E-state index in [-0.39, 0.29) is 11.7 Å². The highest BCUT2D eigenvalue weighted by atomic mass is 19.1. The standard InChI is InChI=1S/C24H28FN7/c1-14-17(4-5-19(27)22(14)25)23-18(15-3-6-21-20(11-15)29-13-31(21)2)12-28-24(30-23)32-9-7-16(26)8-10-32/h3-6,11-14,16,22H,7-10,26-27H2,1-2H3. The number of aryl methyl sites for hydroxylation is 1. The number of halogens is 1. The van der Waals surface area contributed by atoms with Crippen molar-refractivity contribution in [1.29, 1.82) is 0 Å². The number of aromatic nitrogens is 4. The molecule has 0 amide bonds. The maximum Gasteiger partial charge on any atom is 0.225 e. The molecule has 2 aromatic heterocycles. The van der Waals surface area contributed by atoms with Crippen molar-refractivity contribution < 1.29 is 4.39 Å². The van der Waals surface area contributed by atoms with Crippen LogP contribution >= 0.6 is 0 Å². The molecule has 2 atom stereocenters. The molecule has 0 bridgehead atoms. The van der Waals surface area contributed by atoms with Gasteiger partial charge in [0.15, 0.2) is 0 Å². The normalized spacial score (nSPS) is 22.2. The predicted molar refractivity (Wildman–Crippen MR) is 125 cm³/mol. The molecule has 1 fully saturated rings. The quantitative estimate of drug-likeness (QED) is 0.658. The van der Waals surface area contributed by atoms with Crippen LogP contribution in [0.1, 0.15) is 25.5 Å². The van der Waals surface area contributed by atoms with Crippen LogP contribution in [0.15, 0.2) is 48.6 Å². The summed E-state index contributed by atoms with van der Waals surface area (Å²) in [6.45, 7) is 3.48. The van der Waals surface area contributed by atoms with E-state index in [1.54, 1.807) is 12.4 Å². The fraction of sp³-hybridized carbons (Fsp3) is 0.375. The highest BCUT2D eigenvalue weighted by Crippen LogP contribution is 2.38. The molecule has 0 saturated carbocycles. The molecule has 8 heteroatoms. The fourth-order valence-corrected chi connectivity index (χ4v) is 4.53. The van der Waals surface area contributed by atoms with Crippen LogP contribution in [0.3, 0.4) is 0 Å². The average molecular weight is 434 g/mol. The van der Waals surface area contributed by atoms with E-state index >= 15 is 0 Å². The summed E-state index contributed by atoms with van der Waals surface area (Å²) in [5.74, 6) is 0.246. The molecule has 1 aliphatic carbocycles. The Bertz CT molecular complexity index is 1220. The van der Waals surface area contributed by atoms with Crippen molar-refractivity contribution in [3.05, 3.63) is 54.3 Å². The van der Waals surface area contributed by atoms with Crippen molar-refractivity contribution >= 4 is 22.6 Å². The first kappa shape index (κ1) is 20.6. The lowest BCUT2D eigenvalue weighted by Crippen LogP contribution is -2.40. The number of imidazole rings is 1. The summed E-state index contributed by atoms with van der Waals surface area (Å²) in [6.07, 6.45) is 7.74. The molecule has 3 aromatic rings. The van der Waals surface area contributed by atoms with E-state index in [1.165, 1.54) is 0 Å². The highest BCUT2D eigenvalue weighted by Gasteiger charge is 2.30. The van der Waals surface area contributed by atoms with Gasteiger partial charge in [0, 0.05) is 49.6 Å². The fourth-order valence-electron chi connectivity index (χ4n) is 4.53. The molecule has 2 unspecified atom stereocenters. The SMILES string of the molecule is CC1C(c2nc(N3CCC(N)CC3)ncc2-c2ccc3c(c2)ncn3C)=CC=C(N)C1F. The highest BCUT2D eigenvalue weighted by molar-refractivity contribution is 5.87. The van der Waals surface area contributed by atoms with Gasteiger partial charge in [-0.05, 0) is 42.2 Å². The number of fused-ring (bicyclic) bond motifs is 1. The third-order valence-electron chi connectivity index (χ3n) is 6.61. The minimum atomic E-state index is -1.24. The third-order valence-corrected chi connectivity index (χ3v) is 6.61. The maximum absolute atomic E-state index is 14.8. The van der Waals surface area contributed by atoms with Crippen LogP contribution in [0, 0.1) is 5.92 Å². The second-order valence-electron chi connectivity index (χ2n) is 8.79. The molecule has 7 nitrogen and oxygen atoms in total. The van der Waals surface area contributed by atoms with Crippen molar-refractivity contribution in [2.24, 2.45) is 24.4 Å². The molecule has 3 heterocycles. The van der Waals surface area contributed by atoms with Gasteiger partial charge in [-0.2, -0.15) is 0 Å². The zero-order chi connectivity index (χ0) is 22.4. The Labute approximate surface area is 186 Å². The average Bonchev–Trinajstić information content (AvgIpc) is 3.18. The van der Waals surface area contributed by atoms with E-state index < -0.39 is 12.1 Å². The number of benzene rings is 1. The summed E-state index contributed by atoms with van der Waals surface area (Å²) in [5.41, 5.74) is 17.5. The molecule has 0 radical (unpaired) electrons. The first-order chi connectivity index (χ1) is 15.4. The van der Waals surface area contributed by atoms with Gasteiger partial charge >= 0.3 is 0 Å². The van der Waals surface area contributed by atoms with Crippen molar-refractivity contribution in [3.8, 4) is 11.1 Å². The van der Waals surface area contributed by atoms with Crippen molar-refractivity contribution in [3.63, 3.8) is 0 Å². The minimum absolute atomic E-state index is 0.219. The number of alkyl halides is 1. The summed E-state index contributed by atoms with van der Waals surface area (Å²) in [7, 11) is 1.97. The predicted octanol–water partition coefficient (Wildman–Crippen LogP) is 3.17.